The zero-order chi connectivity index (χ0) is 12.5. The number of piperidine rings is 1. The first-order valence-corrected chi connectivity index (χ1v) is 6.60. The Morgan fingerprint density at radius 1 is 1.33 bits per heavy atom. The van der Waals surface area contributed by atoms with Gasteiger partial charge in [0, 0.05) is 19.1 Å². The van der Waals surface area contributed by atoms with Crippen LogP contribution >= 0.6 is 0 Å². The molecule has 1 saturated heterocycles. The Hall–Kier alpha value is -1.55. The highest BCUT2D eigenvalue weighted by Gasteiger charge is 2.24. The lowest BCUT2D eigenvalue weighted by Crippen LogP contribution is -2.39. The molecular formula is C14H19N3O. The molecule has 0 spiro atoms. The van der Waals surface area contributed by atoms with Gasteiger partial charge in [0.1, 0.15) is 5.52 Å². The Morgan fingerprint density at radius 3 is 2.72 bits per heavy atom. The van der Waals surface area contributed by atoms with Gasteiger partial charge in [0.25, 0.3) is 6.01 Å². The van der Waals surface area contributed by atoms with E-state index in [2.05, 4.69) is 16.8 Å². The minimum atomic E-state index is 0.288. The SMILES string of the molecule is CC(N)C1CCN(c2nc3ccccc3o2)CC1. The van der Waals surface area contributed by atoms with Crippen molar-refractivity contribution in [2.24, 2.45) is 11.7 Å². The monoisotopic (exact) mass is 245 g/mol. The molecule has 2 heterocycles. The average molecular weight is 245 g/mol. The topological polar surface area (TPSA) is 55.3 Å². The van der Waals surface area contributed by atoms with Crippen molar-refractivity contribution in [2.75, 3.05) is 18.0 Å². The summed E-state index contributed by atoms with van der Waals surface area (Å²) in [5.74, 6) is 0.630. The minimum absolute atomic E-state index is 0.288. The molecule has 0 aliphatic carbocycles. The van der Waals surface area contributed by atoms with E-state index >= 15 is 0 Å². The van der Waals surface area contributed by atoms with Crippen molar-refractivity contribution in [3.63, 3.8) is 0 Å². The average Bonchev–Trinajstić information content (AvgIpc) is 2.82. The number of rotatable bonds is 2. The van der Waals surface area contributed by atoms with Gasteiger partial charge in [0.15, 0.2) is 5.58 Å². The molecule has 4 nitrogen and oxygen atoms in total. The van der Waals surface area contributed by atoms with Crippen LogP contribution in [-0.2, 0) is 0 Å². The van der Waals surface area contributed by atoms with Crippen LogP contribution in [0.15, 0.2) is 28.7 Å². The first-order chi connectivity index (χ1) is 8.74. The van der Waals surface area contributed by atoms with Crippen molar-refractivity contribution in [1.29, 1.82) is 0 Å². The number of fused-ring (bicyclic) bond motifs is 1. The van der Waals surface area contributed by atoms with Gasteiger partial charge in [-0.05, 0) is 37.8 Å². The maximum Gasteiger partial charge on any atom is 0.298 e. The number of hydrogen-bond donors (Lipinski definition) is 1. The van der Waals surface area contributed by atoms with Crippen LogP contribution in [0.5, 0.6) is 0 Å². The summed E-state index contributed by atoms with van der Waals surface area (Å²) in [5.41, 5.74) is 7.75. The summed E-state index contributed by atoms with van der Waals surface area (Å²) in [7, 11) is 0. The molecule has 0 bridgehead atoms. The molecule has 1 fully saturated rings. The van der Waals surface area contributed by atoms with Crippen LogP contribution in [0.4, 0.5) is 6.01 Å². The number of anilines is 1. The van der Waals surface area contributed by atoms with Crippen molar-refractivity contribution in [3.05, 3.63) is 24.3 Å². The largest absolute Gasteiger partial charge is 0.423 e. The smallest absolute Gasteiger partial charge is 0.298 e. The van der Waals surface area contributed by atoms with Crippen LogP contribution in [-0.4, -0.2) is 24.1 Å². The third-order valence-corrected chi connectivity index (χ3v) is 3.84. The zero-order valence-electron chi connectivity index (χ0n) is 10.7. The summed E-state index contributed by atoms with van der Waals surface area (Å²) in [4.78, 5) is 6.76. The molecular weight excluding hydrogens is 226 g/mol. The van der Waals surface area contributed by atoms with E-state index in [0.717, 1.165) is 43.0 Å². The molecule has 1 unspecified atom stereocenters. The third kappa shape index (κ3) is 2.08. The molecule has 0 saturated carbocycles. The molecule has 4 heteroatoms. The lowest BCUT2D eigenvalue weighted by atomic mass is 9.91. The van der Waals surface area contributed by atoms with Crippen LogP contribution in [0.3, 0.4) is 0 Å². The van der Waals surface area contributed by atoms with Crippen LogP contribution in [0.1, 0.15) is 19.8 Å². The van der Waals surface area contributed by atoms with Gasteiger partial charge in [-0.3, -0.25) is 0 Å². The van der Waals surface area contributed by atoms with E-state index in [9.17, 15) is 0 Å². The number of para-hydroxylation sites is 2. The Labute approximate surface area is 107 Å². The molecule has 1 aromatic heterocycles. The molecule has 1 atom stereocenters. The predicted molar refractivity (Wildman–Crippen MR) is 72.6 cm³/mol. The molecule has 1 aliphatic heterocycles. The van der Waals surface area contributed by atoms with Crippen molar-refractivity contribution >= 4 is 17.1 Å². The maximum atomic E-state index is 5.95. The molecule has 0 amide bonds. The van der Waals surface area contributed by atoms with E-state index < -0.39 is 0 Å². The van der Waals surface area contributed by atoms with Crippen molar-refractivity contribution in [1.82, 2.24) is 4.98 Å². The highest BCUT2D eigenvalue weighted by molar-refractivity contribution is 5.74. The van der Waals surface area contributed by atoms with Crippen LogP contribution < -0.4 is 10.6 Å². The Kier molecular flexibility index (Phi) is 2.96. The highest BCUT2D eigenvalue weighted by Crippen LogP contribution is 2.26. The van der Waals surface area contributed by atoms with Crippen molar-refractivity contribution in [3.8, 4) is 0 Å². The number of oxazole rings is 1. The van der Waals surface area contributed by atoms with Gasteiger partial charge in [-0.15, -0.1) is 0 Å². The van der Waals surface area contributed by atoms with E-state index in [1.54, 1.807) is 0 Å². The van der Waals surface area contributed by atoms with Crippen molar-refractivity contribution < 1.29 is 4.42 Å². The second-order valence-corrected chi connectivity index (χ2v) is 5.15. The van der Waals surface area contributed by atoms with Gasteiger partial charge in [-0.25, -0.2) is 0 Å². The van der Waals surface area contributed by atoms with Gasteiger partial charge < -0.3 is 15.1 Å². The normalized spacial score (nSPS) is 19.3. The van der Waals surface area contributed by atoms with Crippen molar-refractivity contribution in [2.45, 2.75) is 25.8 Å². The molecule has 2 aromatic rings. The fraction of sp³-hybridized carbons (Fsp3) is 0.500. The number of nitrogens with two attached hydrogens (primary N) is 1. The van der Waals surface area contributed by atoms with Crippen LogP contribution in [0.2, 0.25) is 0 Å². The summed E-state index contributed by atoms with van der Waals surface area (Å²) in [5, 5.41) is 0. The summed E-state index contributed by atoms with van der Waals surface area (Å²) in [6, 6.07) is 8.93. The molecule has 1 aromatic carbocycles. The fourth-order valence-corrected chi connectivity index (χ4v) is 2.61. The van der Waals surface area contributed by atoms with E-state index in [-0.39, 0.29) is 6.04 Å². The highest BCUT2D eigenvalue weighted by atomic mass is 16.4. The van der Waals surface area contributed by atoms with Gasteiger partial charge in [-0.2, -0.15) is 4.98 Å². The van der Waals surface area contributed by atoms with E-state index in [4.69, 9.17) is 10.2 Å². The fourth-order valence-electron chi connectivity index (χ4n) is 2.61. The van der Waals surface area contributed by atoms with Gasteiger partial charge >= 0.3 is 0 Å². The summed E-state index contributed by atoms with van der Waals surface area (Å²) in [6.07, 6.45) is 2.24. The minimum Gasteiger partial charge on any atom is -0.423 e. The second kappa shape index (κ2) is 4.61. The number of aromatic nitrogens is 1. The first kappa shape index (κ1) is 11.5. The Balaban J connectivity index is 1.76. The third-order valence-electron chi connectivity index (χ3n) is 3.84. The Morgan fingerprint density at radius 2 is 2.06 bits per heavy atom. The van der Waals surface area contributed by atoms with E-state index in [1.807, 2.05) is 24.3 Å². The molecule has 2 N–H and O–H groups in total. The number of benzene rings is 1. The second-order valence-electron chi connectivity index (χ2n) is 5.15. The quantitative estimate of drug-likeness (QED) is 0.882. The molecule has 0 radical (unpaired) electrons. The van der Waals surface area contributed by atoms with E-state index in [1.165, 1.54) is 0 Å². The lowest BCUT2D eigenvalue weighted by Gasteiger charge is -2.32. The molecule has 1 aliphatic rings. The Bertz CT molecular complexity index is 494. The lowest BCUT2D eigenvalue weighted by molar-refractivity contribution is 0.345. The zero-order valence-corrected chi connectivity index (χ0v) is 10.7. The summed E-state index contributed by atoms with van der Waals surface area (Å²) < 4.78 is 5.79. The molecule has 3 rings (SSSR count). The van der Waals surface area contributed by atoms with Gasteiger partial charge in [-0.1, -0.05) is 12.1 Å². The standard InChI is InChI=1S/C14H19N3O/c1-10(15)11-6-8-17(9-7-11)14-16-12-4-2-3-5-13(12)18-14/h2-5,10-11H,6-9,15H2,1H3. The van der Waals surface area contributed by atoms with Crippen LogP contribution in [0.25, 0.3) is 11.1 Å². The molecule has 18 heavy (non-hydrogen) atoms. The van der Waals surface area contributed by atoms with E-state index in [0.29, 0.717) is 5.92 Å². The maximum absolute atomic E-state index is 5.95. The van der Waals surface area contributed by atoms with Gasteiger partial charge in [0.2, 0.25) is 0 Å². The number of hydrogen-bond acceptors (Lipinski definition) is 4. The number of nitrogens with zero attached hydrogens (tertiary/aromatic N) is 2. The summed E-state index contributed by atoms with van der Waals surface area (Å²) >= 11 is 0. The summed E-state index contributed by atoms with van der Waals surface area (Å²) in [6.45, 7) is 4.07. The van der Waals surface area contributed by atoms with Gasteiger partial charge in [0.05, 0.1) is 0 Å². The molecule has 96 valence electrons. The predicted octanol–water partition coefficient (Wildman–Crippen LogP) is 2.39. The first-order valence-electron chi connectivity index (χ1n) is 6.60. The van der Waals surface area contributed by atoms with Crippen LogP contribution in [0, 0.1) is 5.92 Å².